The summed E-state index contributed by atoms with van der Waals surface area (Å²) in [6.07, 6.45) is 3.94. The summed E-state index contributed by atoms with van der Waals surface area (Å²) in [7, 11) is -2.00. The van der Waals surface area contributed by atoms with E-state index < -0.39 is 10.0 Å². The monoisotopic (exact) mass is 403 g/mol. The second-order valence-electron chi connectivity index (χ2n) is 6.64. The number of sulfonamides is 1. The number of carbonyl (C=O) groups excluding carboxylic acids is 1. The van der Waals surface area contributed by atoms with Gasteiger partial charge in [-0.3, -0.25) is 4.79 Å². The smallest absolute Gasteiger partial charge is 0.254 e. The second kappa shape index (κ2) is 10.9. The number of rotatable bonds is 8. The van der Waals surface area contributed by atoms with Crippen molar-refractivity contribution in [2.24, 2.45) is 5.92 Å². The van der Waals surface area contributed by atoms with E-state index in [0.29, 0.717) is 19.0 Å². The highest BCUT2D eigenvalue weighted by atomic mass is 35.5. The summed E-state index contributed by atoms with van der Waals surface area (Å²) in [6, 6.07) is 6.44. The molecule has 0 saturated carbocycles. The largest absolute Gasteiger partial charge is 0.342 e. The Morgan fingerprint density at radius 3 is 2.73 bits per heavy atom. The van der Waals surface area contributed by atoms with Crippen LogP contribution in [0.3, 0.4) is 0 Å². The molecule has 1 aromatic rings. The zero-order valence-corrected chi connectivity index (χ0v) is 17.2. The van der Waals surface area contributed by atoms with Gasteiger partial charge < -0.3 is 10.2 Å². The molecule has 0 bridgehead atoms. The Bertz CT molecular complexity index is 676. The van der Waals surface area contributed by atoms with E-state index in [-0.39, 0.29) is 28.8 Å². The molecule has 0 aliphatic carbocycles. The topological polar surface area (TPSA) is 78.5 Å². The van der Waals surface area contributed by atoms with Crippen molar-refractivity contribution in [3.63, 3.8) is 0 Å². The number of unbranched alkanes of at least 4 members (excludes halogenated alkanes) is 1. The first kappa shape index (κ1) is 22.9. The Morgan fingerprint density at radius 2 is 2.08 bits per heavy atom. The van der Waals surface area contributed by atoms with E-state index in [0.717, 1.165) is 38.8 Å². The summed E-state index contributed by atoms with van der Waals surface area (Å²) in [6.45, 7) is 4.88. The molecule has 1 aromatic carbocycles. The SMILES string of the molecule is CCCCN(C)C(=O)c1ccccc1S(=O)(=O)NCC1CCCNC1.Cl. The Morgan fingerprint density at radius 1 is 1.35 bits per heavy atom. The second-order valence-corrected chi connectivity index (χ2v) is 8.38. The van der Waals surface area contributed by atoms with E-state index in [1.807, 2.05) is 0 Å². The molecule has 2 rings (SSSR count). The molecule has 8 heteroatoms. The number of nitrogens with zero attached hydrogens (tertiary/aromatic N) is 1. The molecule has 148 valence electrons. The fourth-order valence-corrected chi connectivity index (χ4v) is 4.30. The third-order valence-corrected chi connectivity index (χ3v) is 6.04. The van der Waals surface area contributed by atoms with Gasteiger partial charge in [-0.2, -0.15) is 0 Å². The summed E-state index contributed by atoms with van der Waals surface area (Å²) in [5.41, 5.74) is 0.232. The molecule has 1 atom stereocenters. The lowest BCUT2D eigenvalue weighted by molar-refractivity contribution is 0.0789. The number of hydrogen-bond donors (Lipinski definition) is 2. The van der Waals surface area contributed by atoms with Gasteiger partial charge in [0.2, 0.25) is 10.0 Å². The predicted molar refractivity (Wildman–Crippen MR) is 106 cm³/mol. The number of piperidine rings is 1. The molecule has 26 heavy (non-hydrogen) atoms. The number of carbonyl (C=O) groups is 1. The normalized spacial score (nSPS) is 17.4. The van der Waals surface area contributed by atoms with Gasteiger partial charge in [-0.15, -0.1) is 12.4 Å². The van der Waals surface area contributed by atoms with Crippen LogP contribution in [-0.2, 0) is 10.0 Å². The Hall–Kier alpha value is -1.15. The van der Waals surface area contributed by atoms with E-state index in [2.05, 4.69) is 17.0 Å². The van der Waals surface area contributed by atoms with Gasteiger partial charge in [-0.1, -0.05) is 25.5 Å². The number of nitrogens with one attached hydrogen (secondary N) is 2. The molecule has 1 aliphatic rings. The van der Waals surface area contributed by atoms with Crippen LogP contribution in [0, 0.1) is 5.92 Å². The van der Waals surface area contributed by atoms with Crippen LogP contribution in [-0.4, -0.2) is 52.5 Å². The maximum atomic E-state index is 12.7. The fourth-order valence-electron chi connectivity index (χ4n) is 2.98. The van der Waals surface area contributed by atoms with Gasteiger partial charge >= 0.3 is 0 Å². The van der Waals surface area contributed by atoms with Crippen molar-refractivity contribution in [2.45, 2.75) is 37.5 Å². The van der Waals surface area contributed by atoms with E-state index in [9.17, 15) is 13.2 Å². The highest BCUT2D eigenvalue weighted by molar-refractivity contribution is 7.89. The zero-order valence-electron chi connectivity index (χ0n) is 15.5. The molecule has 1 saturated heterocycles. The highest BCUT2D eigenvalue weighted by Gasteiger charge is 2.25. The van der Waals surface area contributed by atoms with Crippen molar-refractivity contribution in [1.29, 1.82) is 0 Å². The first-order valence-electron chi connectivity index (χ1n) is 9.00. The molecule has 0 spiro atoms. The van der Waals surface area contributed by atoms with Crippen molar-refractivity contribution in [3.8, 4) is 0 Å². The highest BCUT2D eigenvalue weighted by Crippen LogP contribution is 2.18. The Labute approximate surface area is 163 Å². The molecule has 1 amide bonds. The Kier molecular flexibility index (Phi) is 9.57. The fraction of sp³-hybridized carbons (Fsp3) is 0.611. The van der Waals surface area contributed by atoms with Gasteiger partial charge in [-0.25, -0.2) is 13.1 Å². The quantitative estimate of drug-likeness (QED) is 0.697. The minimum Gasteiger partial charge on any atom is -0.342 e. The van der Waals surface area contributed by atoms with E-state index in [1.54, 1.807) is 30.1 Å². The number of benzene rings is 1. The minimum absolute atomic E-state index is 0. The molecule has 2 N–H and O–H groups in total. The molecule has 6 nitrogen and oxygen atoms in total. The first-order valence-corrected chi connectivity index (χ1v) is 10.5. The molecular weight excluding hydrogens is 374 g/mol. The predicted octanol–water partition coefficient (Wildman–Crippen LogP) is 2.26. The lowest BCUT2D eigenvalue weighted by atomic mass is 10.0. The van der Waals surface area contributed by atoms with E-state index >= 15 is 0 Å². The van der Waals surface area contributed by atoms with E-state index in [4.69, 9.17) is 0 Å². The molecule has 0 aromatic heterocycles. The average molecular weight is 404 g/mol. The van der Waals surface area contributed by atoms with Crippen LogP contribution in [0.4, 0.5) is 0 Å². The Balaban J connectivity index is 0.00000338. The van der Waals surface area contributed by atoms with Gasteiger partial charge in [0.15, 0.2) is 0 Å². The van der Waals surface area contributed by atoms with Gasteiger partial charge in [0.05, 0.1) is 10.5 Å². The van der Waals surface area contributed by atoms with Crippen LogP contribution in [0.5, 0.6) is 0 Å². The maximum Gasteiger partial charge on any atom is 0.254 e. The van der Waals surface area contributed by atoms with E-state index in [1.165, 1.54) is 6.07 Å². The van der Waals surface area contributed by atoms with Crippen LogP contribution < -0.4 is 10.0 Å². The van der Waals surface area contributed by atoms with Crippen molar-refractivity contribution in [1.82, 2.24) is 14.9 Å². The molecule has 1 fully saturated rings. The third kappa shape index (κ3) is 6.23. The molecule has 1 aliphatic heterocycles. The van der Waals surface area contributed by atoms with Crippen LogP contribution in [0.25, 0.3) is 0 Å². The third-order valence-electron chi connectivity index (χ3n) is 4.56. The average Bonchev–Trinajstić information content (AvgIpc) is 2.64. The van der Waals surface area contributed by atoms with Crippen molar-refractivity contribution in [2.75, 3.05) is 33.2 Å². The molecule has 1 heterocycles. The molecule has 1 unspecified atom stereocenters. The van der Waals surface area contributed by atoms with Crippen LogP contribution in [0.2, 0.25) is 0 Å². The van der Waals surface area contributed by atoms with Crippen LogP contribution >= 0.6 is 12.4 Å². The van der Waals surface area contributed by atoms with Crippen LogP contribution in [0.1, 0.15) is 43.0 Å². The molecular formula is C18H30ClN3O3S. The lowest BCUT2D eigenvalue weighted by Crippen LogP contribution is -2.38. The summed E-state index contributed by atoms with van der Waals surface area (Å²) < 4.78 is 28.2. The van der Waals surface area contributed by atoms with Gasteiger partial charge in [-0.05, 0) is 50.4 Å². The minimum atomic E-state index is -3.71. The maximum absolute atomic E-state index is 12.7. The standard InChI is InChI=1S/C18H29N3O3S.ClH/c1-3-4-12-21(2)18(22)16-9-5-6-10-17(16)25(23,24)20-14-15-8-7-11-19-13-15;/h5-6,9-10,15,19-20H,3-4,7-8,11-14H2,1-2H3;1H. The summed E-state index contributed by atoms with van der Waals surface area (Å²) in [5, 5.41) is 3.28. The first-order chi connectivity index (χ1) is 12.0. The number of amides is 1. The molecule has 0 radical (unpaired) electrons. The van der Waals surface area contributed by atoms with Gasteiger partial charge in [0.1, 0.15) is 0 Å². The number of hydrogen-bond acceptors (Lipinski definition) is 4. The summed E-state index contributed by atoms with van der Waals surface area (Å²) >= 11 is 0. The summed E-state index contributed by atoms with van der Waals surface area (Å²) in [5.74, 6) is 0.0346. The van der Waals surface area contributed by atoms with Crippen molar-refractivity contribution < 1.29 is 13.2 Å². The zero-order chi connectivity index (χ0) is 18.3. The summed E-state index contributed by atoms with van der Waals surface area (Å²) in [4.78, 5) is 14.3. The van der Waals surface area contributed by atoms with Gasteiger partial charge in [0.25, 0.3) is 5.91 Å². The van der Waals surface area contributed by atoms with Crippen LogP contribution in [0.15, 0.2) is 29.2 Å². The van der Waals surface area contributed by atoms with Crippen molar-refractivity contribution >= 4 is 28.3 Å². The lowest BCUT2D eigenvalue weighted by Gasteiger charge is -2.23. The number of halogens is 1. The van der Waals surface area contributed by atoms with Crippen molar-refractivity contribution in [3.05, 3.63) is 29.8 Å². The van der Waals surface area contributed by atoms with Gasteiger partial charge in [0, 0.05) is 20.1 Å².